The summed E-state index contributed by atoms with van der Waals surface area (Å²) < 4.78 is 36.4. The normalized spacial score (nSPS) is 13.6. The van der Waals surface area contributed by atoms with E-state index in [0.29, 0.717) is 12.8 Å². The second-order valence-electron chi connectivity index (χ2n) is 4.15. The van der Waals surface area contributed by atoms with Crippen LogP contribution in [0.4, 0.5) is 4.39 Å². The second kappa shape index (κ2) is 6.81. The number of benzene rings is 1. The van der Waals surface area contributed by atoms with Crippen molar-refractivity contribution in [3.8, 4) is 0 Å². The van der Waals surface area contributed by atoms with E-state index in [1.54, 1.807) is 13.0 Å². The molecule has 0 aliphatic carbocycles. The van der Waals surface area contributed by atoms with Crippen molar-refractivity contribution >= 4 is 32.4 Å². The highest BCUT2D eigenvalue weighted by Gasteiger charge is 2.13. The van der Waals surface area contributed by atoms with Crippen LogP contribution in [-0.4, -0.2) is 19.9 Å². The number of hydrogen-bond donors (Lipinski definition) is 1. The summed E-state index contributed by atoms with van der Waals surface area (Å²) in [5, 5.41) is 0. The van der Waals surface area contributed by atoms with Crippen LogP contribution in [-0.2, 0) is 9.84 Å². The van der Waals surface area contributed by atoms with Gasteiger partial charge in [0.2, 0.25) is 0 Å². The van der Waals surface area contributed by atoms with Crippen molar-refractivity contribution in [3.05, 3.63) is 33.1 Å². The number of rotatable bonds is 6. The summed E-state index contributed by atoms with van der Waals surface area (Å²) in [6.45, 7) is 1.64. The highest BCUT2D eigenvalue weighted by Crippen LogP contribution is 2.22. The summed E-state index contributed by atoms with van der Waals surface area (Å²) in [4.78, 5) is 0. The minimum Gasteiger partial charge on any atom is -0.324 e. The Morgan fingerprint density at radius 3 is 2.67 bits per heavy atom. The van der Waals surface area contributed by atoms with Crippen LogP contribution in [0, 0.1) is 9.39 Å². The van der Waals surface area contributed by atoms with E-state index in [1.165, 1.54) is 12.1 Å². The first-order valence-corrected chi connectivity index (χ1v) is 8.66. The van der Waals surface area contributed by atoms with Crippen molar-refractivity contribution < 1.29 is 12.8 Å². The predicted octanol–water partition coefficient (Wildman–Crippen LogP) is 2.65. The monoisotopic (exact) mass is 385 g/mol. The molecule has 0 radical (unpaired) electrons. The zero-order valence-corrected chi connectivity index (χ0v) is 13.2. The summed E-state index contributed by atoms with van der Waals surface area (Å²) in [5.41, 5.74) is 6.86. The van der Waals surface area contributed by atoms with Crippen molar-refractivity contribution in [3.63, 3.8) is 0 Å². The molecule has 0 amide bonds. The van der Waals surface area contributed by atoms with Crippen molar-refractivity contribution in [2.45, 2.75) is 25.8 Å². The van der Waals surface area contributed by atoms with E-state index in [0.717, 1.165) is 9.13 Å². The van der Waals surface area contributed by atoms with Gasteiger partial charge in [0, 0.05) is 15.4 Å². The molecule has 0 heterocycles. The molecule has 102 valence electrons. The summed E-state index contributed by atoms with van der Waals surface area (Å²) in [7, 11) is -2.93. The van der Waals surface area contributed by atoms with E-state index in [4.69, 9.17) is 5.73 Å². The Labute approximate surface area is 121 Å². The Kier molecular flexibility index (Phi) is 6.00. The molecule has 18 heavy (non-hydrogen) atoms. The molecule has 0 saturated heterocycles. The maximum absolute atomic E-state index is 12.9. The first-order valence-electron chi connectivity index (χ1n) is 5.76. The standard InChI is InChI=1S/C12H17FINO2S/c1-2-18(16,17)7-3-4-12(15)10-6-5-9(13)8-11(10)14/h5-6,8,12H,2-4,7,15H2,1H3. The summed E-state index contributed by atoms with van der Waals surface area (Å²) >= 11 is 2.04. The maximum Gasteiger partial charge on any atom is 0.150 e. The molecule has 0 fully saturated rings. The van der Waals surface area contributed by atoms with Gasteiger partial charge in [-0.15, -0.1) is 0 Å². The van der Waals surface area contributed by atoms with Crippen molar-refractivity contribution in [2.75, 3.05) is 11.5 Å². The smallest absolute Gasteiger partial charge is 0.150 e. The van der Waals surface area contributed by atoms with Gasteiger partial charge in [0.1, 0.15) is 15.7 Å². The lowest BCUT2D eigenvalue weighted by atomic mass is 10.0. The van der Waals surface area contributed by atoms with Crippen molar-refractivity contribution in [1.82, 2.24) is 0 Å². The Morgan fingerprint density at radius 2 is 2.11 bits per heavy atom. The number of halogens is 2. The highest BCUT2D eigenvalue weighted by atomic mass is 127. The van der Waals surface area contributed by atoms with E-state index in [-0.39, 0.29) is 23.4 Å². The van der Waals surface area contributed by atoms with Gasteiger partial charge in [0.05, 0.1) is 5.75 Å². The van der Waals surface area contributed by atoms with Crippen LogP contribution in [0.1, 0.15) is 31.4 Å². The molecule has 1 unspecified atom stereocenters. The molecule has 2 N–H and O–H groups in total. The van der Waals surface area contributed by atoms with Gasteiger partial charge in [-0.2, -0.15) is 0 Å². The van der Waals surface area contributed by atoms with Crippen LogP contribution < -0.4 is 5.73 Å². The van der Waals surface area contributed by atoms with Gasteiger partial charge in [-0.05, 0) is 53.1 Å². The van der Waals surface area contributed by atoms with Crippen molar-refractivity contribution in [1.29, 1.82) is 0 Å². The Balaban J connectivity index is 2.58. The second-order valence-corrected chi connectivity index (χ2v) is 7.79. The third-order valence-corrected chi connectivity index (χ3v) is 5.50. The molecular formula is C12H17FINO2S. The molecule has 0 aliphatic heterocycles. The van der Waals surface area contributed by atoms with Crippen molar-refractivity contribution in [2.24, 2.45) is 5.73 Å². The lowest BCUT2D eigenvalue weighted by Gasteiger charge is -2.13. The molecule has 3 nitrogen and oxygen atoms in total. The highest BCUT2D eigenvalue weighted by molar-refractivity contribution is 14.1. The lowest BCUT2D eigenvalue weighted by Crippen LogP contribution is -2.15. The molecule has 0 spiro atoms. The Bertz CT molecular complexity index is 505. The van der Waals surface area contributed by atoms with Gasteiger partial charge in [-0.1, -0.05) is 13.0 Å². The maximum atomic E-state index is 12.9. The van der Waals surface area contributed by atoms with E-state index in [1.807, 2.05) is 22.6 Å². The quantitative estimate of drug-likeness (QED) is 0.766. The summed E-state index contributed by atoms with van der Waals surface area (Å²) in [5.74, 6) is 0.0367. The van der Waals surface area contributed by atoms with Crippen LogP contribution >= 0.6 is 22.6 Å². The SMILES string of the molecule is CCS(=O)(=O)CCCC(N)c1ccc(F)cc1I. The van der Waals surface area contributed by atoms with Gasteiger partial charge < -0.3 is 5.73 Å². The molecular weight excluding hydrogens is 368 g/mol. The third kappa shape index (κ3) is 4.81. The summed E-state index contributed by atoms with van der Waals surface area (Å²) in [6, 6.07) is 4.22. The first-order chi connectivity index (χ1) is 8.35. The van der Waals surface area contributed by atoms with Crippen LogP contribution in [0.15, 0.2) is 18.2 Å². The van der Waals surface area contributed by atoms with Gasteiger partial charge in [0.15, 0.2) is 0 Å². The minimum absolute atomic E-state index is 0.162. The molecule has 1 atom stereocenters. The molecule has 0 aromatic heterocycles. The third-order valence-electron chi connectivity index (χ3n) is 2.77. The first kappa shape index (κ1) is 15.8. The van der Waals surface area contributed by atoms with Gasteiger partial charge >= 0.3 is 0 Å². The van der Waals surface area contributed by atoms with E-state index < -0.39 is 9.84 Å². The minimum atomic E-state index is -2.93. The molecule has 1 rings (SSSR count). The average molecular weight is 385 g/mol. The molecule has 1 aromatic carbocycles. The fraction of sp³-hybridized carbons (Fsp3) is 0.500. The number of hydrogen-bond acceptors (Lipinski definition) is 3. The molecule has 0 aliphatic rings. The fourth-order valence-electron chi connectivity index (χ4n) is 1.63. The molecule has 0 saturated carbocycles. The van der Waals surface area contributed by atoms with Crippen LogP contribution in [0.3, 0.4) is 0 Å². The van der Waals surface area contributed by atoms with Gasteiger partial charge in [-0.25, -0.2) is 12.8 Å². The number of sulfone groups is 1. The Hall–Kier alpha value is -0.210. The largest absolute Gasteiger partial charge is 0.324 e. The van der Waals surface area contributed by atoms with E-state index >= 15 is 0 Å². The van der Waals surface area contributed by atoms with Crippen LogP contribution in [0.2, 0.25) is 0 Å². The lowest BCUT2D eigenvalue weighted by molar-refractivity contribution is 0.582. The fourth-order valence-corrected chi connectivity index (χ4v) is 3.40. The van der Waals surface area contributed by atoms with Gasteiger partial charge in [-0.3, -0.25) is 0 Å². The van der Waals surface area contributed by atoms with Crippen LogP contribution in [0.25, 0.3) is 0 Å². The predicted molar refractivity (Wildman–Crippen MR) is 79.6 cm³/mol. The number of nitrogens with two attached hydrogens (primary N) is 1. The topological polar surface area (TPSA) is 60.2 Å². The zero-order valence-electron chi connectivity index (χ0n) is 10.2. The average Bonchev–Trinajstić information content (AvgIpc) is 2.28. The molecule has 1 aromatic rings. The molecule has 6 heteroatoms. The van der Waals surface area contributed by atoms with Crippen LogP contribution in [0.5, 0.6) is 0 Å². The molecule has 0 bridgehead atoms. The Morgan fingerprint density at radius 1 is 1.44 bits per heavy atom. The van der Waals surface area contributed by atoms with E-state index in [9.17, 15) is 12.8 Å². The van der Waals surface area contributed by atoms with Gasteiger partial charge in [0.25, 0.3) is 0 Å². The summed E-state index contributed by atoms with van der Waals surface area (Å²) in [6.07, 6.45) is 1.12. The van der Waals surface area contributed by atoms with E-state index in [2.05, 4.69) is 0 Å². The zero-order chi connectivity index (χ0) is 13.8.